The van der Waals surface area contributed by atoms with Gasteiger partial charge in [0.1, 0.15) is 24.4 Å². The van der Waals surface area contributed by atoms with E-state index in [4.69, 9.17) is 26.5 Å². The zero-order chi connectivity index (χ0) is 13.8. The van der Waals surface area contributed by atoms with Crippen LogP contribution in [0.25, 0.3) is 0 Å². The maximum absolute atomic E-state index is 13.5. The first-order valence-electron chi connectivity index (χ1n) is 5.49. The fourth-order valence-electron chi connectivity index (χ4n) is 1.47. The highest BCUT2D eigenvalue weighted by Crippen LogP contribution is 2.20. The Labute approximate surface area is 113 Å². The summed E-state index contributed by atoms with van der Waals surface area (Å²) in [6.45, 7) is -0.0348. The maximum atomic E-state index is 13.5. The standard InChI is InChI=1S/C13H11ClFNO3/c14-10-2-1-3-11(15)9(10)6-19-13-7-18-8(5-16)4-12(13)17/h1-4,7H,5-6,16H2. The summed E-state index contributed by atoms with van der Waals surface area (Å²) in [5, 5.41) is 0.239. The normalized spacial score (nSPS) is 10.5. The number of rotatable bonds is 4. The molecule has 0 amide bonds. The van der Waals surface area contributed by atoms with E-state index in [0.29, 0.717) is 5.76 Å². The first-order valence-corrected chi connectivity index (χ1v) is 5.87. The molecule has 0 radical (unpaired) electrons. The SMILES string of the molecule is NCc1cc(=O)c(OCc2c(F)cccc2Cl)co1. The molecule has 19 heavy (non-hydrogen) atoms. The van der Waals surface area contributed by atoms with E-state index in [1.807, 2.05) is 0 Å². The molecule has 2 rings (SSSR count). The summed E-state index contributed by atoms with van der Waals surface area (Å²) in [7, 11) is 0. The lowest BCUT2D eigenvalue weighted by Gasteiger charge is -2.08. The second kappa shape index (κ2) is 5.86. The summed E-state index contributed by atoms with van der Waals surface area (Å²) in [6.07, 6.45) is 1.15. The van der Waals surface area contributed by atoms with Gasteiger partial charge in [-0.1, -0.05) is 17.7 Å². The fraction of sp³-hybridized carbons (Fsp3) is 0.154. The molecule has 0 unspecified atom stereocenters. The second-order valence-corrected chi connectivity index (χ2v) is 4.18. The molecule has 0 aliphatic rings. The molecule has 0 aliphatic heterocycles. The molecule has 0 aliphatic carbocycles. The van der Waals surface area contributed by atoms with Crippen molar-refractivity contribution in [2.75, 3.05) is 0 Å². The zero-order valence-corrected chi connectivity index (χ0v) is 10.6. The lowest BCUT2D eigenvalue weighted by molar-refractivity contribution is 0.284. The predicted molar refractivity (Wildman–Crippen MR) is 68.6 cm³/mol. The number of nitrogens with two attached hydrogens (primary N) is 1. The van der Waals surface area contributed by atoms with Crippen LogP contribution in [0.15, 0.2) is 39.7 Å². The monoisotopic (exact) mass is 283 g/mol. The van der Waals surface area contributed by atoms with Gasteiger partial charge in [-0.25, -0.2) is 4.39 Å². The third-order valence-electron chi connectivity index (χ3n) is 2.49. The molecule has 1 aromatic heterocycles. The van der Waals surface area contributed by atoms with Crippen LogP contribution in [0.2, 0.25) is 5.02 Å². The minimum Gasteiger partial charge on any atom is -0.482 e. The summed E-state index contributed by atoms with van der Waals surface area (Å²) < 4.78 is 23.8. The van der Waals surface area contributed by atoms with Crippen LogP contribution in [-0.4, -0.2) is 0 Å². The van der Waals surface area contributed by atoms with Crippen molar-refractivity contribution >= 4 is 11.6 Å². The predicted octanol–water partition coefficient (Wildman–Crippen LogP) is 2.47. The second-order valence-electron chi connectivity index (χ2n) is 3.77. The molecule has 6 heteroatoms. The van der Waals surface area contributed by atoms with E-state index in [2.05, 4.69) is 0 Å². The maximum Gasteiger partial charge on any atom is 0.227 e. The fourth-order valence-corrected chi connectivity index (χ4v) is 1.69. The quantitative estimate of drug-likeness (QED) is 0.936. The van der Waals surface area contributed by atoms with Gasteiger partial charge in [0.2, 0.25) is 11.2 Å². The molecule has 1 aromatic carbocycles. The summed E-state index contributed by atoms with van der Waals surface area (Å²) >= 11 is 5.85. The Balaban J connectivity index is 2.17. The van der Waals surface area contributed by atoms with E-state index in [1.165, 1.54) is 18.2 Å². The number of hydrogen-bond donors (Lipinski definition) is 1. The Kier molecular flexibility index (Phi) is 4.19. The van der Waals surface area contributed by atoms with Gasteiger partial charge in [0.15, 0.2) is 0 Å². The smallest absolute Gasteiger partial charge is 0.227 e. The third kappa shape index (κ3) is 3.13. The van der Waals surface area contributed by atoms with Crippen molar-refractivity contribution in [3.63, 3.8) is 0 Å². The van der Waals surface area contributed by atoms with E-state index in [9.17, 15) is 9.18 Å². The largest absolute Gasteiger partial charge is 0.482 e. The molecule has 4 nitrogen and oxygen atoms in total. The van der Waals surface area contributed by atoms with Gasteiger partial charge < -0.3 is 14.9 Å². The third-order valence-corrected chi connectivity index (χ3v) is 2.84. The molecule has 1 heterocycles. The van der Waals surface area contributed by atoms with Gasteiger partial charge in [0.25, 0.3) is 0 Å². The molecule has 0 saturated carbocycles. The van der Waals surface area contributed by atoms with Crippen molar-refractivity contribution in [3.05, 3.63) is 62.9 Å². The number of ether oxygens (including phenoxy) is 1. The average molecular weight is 284 g/mol. The van der Waals surface area contributed by atoms with E-state index >= 15 is 0 Å². The number of halogens is 2. The van der Waals surface area contributed by atoms with E-state index in [0.717, 1.165) is 6.26 Å². The van der Waals surface area contributed by atoms with Crippen LogP contribution in [0.4, 0.5) is 4.39 Å². The molecule has 0 spiro atoms. The Morgan fingerprint density at radius 1 is 1.42 bits per heavy atom. The first-order chi connectivity index (χ1) is 9.11. The van der Waals surface area contributed by atoms with Crippen LogP contribution in [0.5, 0.6) is 5.75 Å². The van der Waals surface area contributed by atoms with E-state index in [1.54, 1.807) is 6.07 Å². The summed E-state index contributed by atoms with van der Waals surface area (Å²) in [5.74, 6) is -0.159. The van der Waals surface area contributed by atoms with Gasteiger partial charge in [0.05, 0.1) is 11.6 Å². The molecule has 0 saturated heterocycles. The minimum atomic E-state index is -0.490. The van der Waals surface area contributed by atoms with Gasteiger partial charge in [-0.3, -0.25) is 4.79 Å². The van der Waals surface area contributed by atoms with Crippen LogP contribution in [0, 0.1) is 5.82 Å². The number of hydrogen-bond acceptors (Lipinski definition) is 4. The molecule has 2 N–H and O–H groups in total. The van der Waals surface area contributed by atoms with Crippen LogP contribution in [-0.2, 0) is 13.2 Å². The van der Waals surface area contributed by atoms with Gasteiger partial charge in [-0.05, 0) is 12.1 Å². The molecule has 0 atom stereocenters. The van der Waals surface area contributed by atoms with Crippen molar-refractivity contribution in [2.24, 2.45) is 5.73 Å². The highest BCUT2D eigenvalue weighted by atomic mass is 35.5. The molecular formula is C13H11ClFNO3. The van der Waals surface area contributed by atoms with Crippen molar-refractivity contribution in [1.29, 1.82) is 0 Å². The van der Waals surface area contributed by atoms with Gasteiger partial charge in [0, 0.05) is 11.6 Å². The van der Waals surface area contributed by atoms with Crippen LogP contribution < -0.4 is 15.9 Å². The highest BCUT2D eigenvalue weighted by molar-refractivity contribution is 6.31. The summed E-state index contributed by atoms with van der Waals surface area (Å²) in [4.78, 5) is 11.6. The lowest BCUT2D eigenvalue weighted by atomic mass is 10.2. The van der Waals surface area contributed by atoms with Crippen molar-refractivity contribution < 1.29 is 13.5 Å². The summed E-state index contributed by atoms with van der Waals surface area (Å²) in [5.41, 5.74) is 5.14. The molecular weight excluding hydrogens is 273 g/mol. The molecule has 0 fully saturated rings. The first kappa shape index (κ1) is 13.6. The minimum absolute atomic E-state index is 0.0171. The van der Waals surface area contributed by atoms with Gasteiger partial charge in [-0.15, -0.1) is 0 Å². The van der Waals surface area contributed by atoms with E-state index in [-0.39, 0.29) is 34.9 Å². The van der Waals surface area contributed by atoms with Crippen molar-refractivity contribution in [2.45, 2.75) is 13.2 Å². The average Bonchev–Trinajstić information content (AvgIpc) is 2.39. The topological polar surface area (TPSA) is 65.5 Å². The Morgan fingerprint density at radius 2 is 2.21 bits per heavy atom. The van der Waals surface area contributed by atoms with Gasteiger partial charge in [-0.2, -0.15) is 0 Å². The summed E-state index contributed by atoms with van der Waals surface area (Å²) in [6, 6.07) is 5.54. The van der Waals surface area contributed by atoms with Crippen LogP contribution in [0.1, 0.15) is 11.3 Å². The Morgan fingerprint density at radius 3 is 2.84 bits per heavy atom. The zero-order valence-electron chi connectivity index (χ0n) is 9.86. The van der Waals surface area contributed by atoms with Gasteiger partial charge >= 0.3 is 0 Å². The molecule has 0 bridgehead atoms. The Hall–Kier alpha value is -1.85. The van der Waals surface area contributed by atoms with Crippen molar-refractivity contribution in [3.8, 4) is 5.75 Å². The lowest BCUT2D eigenvalue weighted by Crippen LogP contribution is -2.10. The molecule has 2 aromatic rings. The molecule has 100 valence electrons. The van der Waals surface area contributed by atoms with Crippen molar-refractivity contribution in [1.82, 2.24) is 0 Å². The highest BCUT2D eigenvalue weighted by Gasteiger charge is 2.09. The van der Waals surface area contributed by atoms with Crippen LogP contribution >= 0.6 is 11.6 Å². The van der Waals surface area contributed by atoms with E-state index < -0.39 is 5.82 Å². The van der Waals surface area contributed by atoms with Crippen LogP contribution in [0.3, 0.4) is 0 Å². The number of benzene rings is 1. The Bertz CT molecular complexity index is 622.